The van der Waals surface area contributed by atoms with Gasteiger partial charge in [-0.15, -0.1) is 10.2 Å². The van der Waals surface area contributed by atoms with Crippen molar-refractivity contribution in [3.05, 3.63) is 66.6 Å². The molecule has 48 heavy (non-hydrogen) atoms. The van der Waals surface area contributed by atoms with E-state index in [0.29, 0.717) is 46.0 Å². The van der Waals surface area contributed by atoms with Crippen LogP contribution in [0.5, 0.6) is 11.6 Å². The first-order valence-corrected chi connectivity index (χ1v) is 17.2. The van der Waals surface area contributed by atoms with E-state index in [1.54, 1.807) is 24.7 Å². The number of rotatable bonds is 9. The monoisotopic (exact) mass is 653 g/mol. The van der Waals surface area contributed by atoms with Crippen LogP contribution in [0.25, 0.3) is 11.1 Å². The van der Waals surface area contributed by atoms with Gasteiger partial charge in [0.1, 0.15) is 30.5 Å². The molecule has 8 rings (SSSR count). The summed E-state index contributed by atoms with van der Waals surface area (Å²) >= 11 is 0. The minimum atomic E-state index is -0.355. The van der Waals surface area contributed by atoms with Gasteiger partial charge in [0, 0.05) is 55.0 Å². The number of hydrogen-bond donors (Lipinski definition) is 1. The van der Waals surface area contributed by atoms with Crippen molar-refractivity contribution < 1.29 is 18.4 Å². The summed E-state index contributed by atoms with van der Waals surface area (Å²) in [7, 11) is 0. The summed E-state index contributed by atoms with van der Waals surface area (Å²) in [6, 6.07) is 6.30. The van der Waals surface area contributed by atoms with Crippen LogP contribution in [-0.4, -0.2) is 79.9 Å². The van der Waals surface area contributed by atoms with Crippen molar-refractivity contribution in [1.29, 1.82) is 0 Å². The average Bonchev–Trinajstić information content (AvgIpc) is 3.60. The molecule has 12 nitrogen and oxygen atoms in total. The standard InChI is InChI=1S/C35H40FN9O3/c36-25-3-4-30(27(17-25)28-18-37-21-38-31(28)24-1-2-24)48-34-32(39-22-40-42-34)45-13-7-23(20-45)19-44-14-11-35(12-15-44)9-5-26(6-10-35)41-33(46)29-8-16-47-43-29/h3-4,8,16-18,21-24,26H,1-2,5-7,9-15,19-20H2,(H,41,46)/t23-/m0/s1. The Morgan fingerprint density at radius 1 is 1.00 bits per heavy atom. The van der Waals surface area contributed by atoms with Gasteiger partial charge in [0.15, 0.2) is 11.5 Å². The third-order valence-electron chi connectivity index (χ3n) is 10.8. The molecular weight excluding hydrogens is 613 g/mol. The summed E-state index contributed by atoms with van der Waals surface area (Å²) in [5.41, 5.74) is 3.03. The highest BCUT2D eigenvalue weighted by Gasteiger charge is 2.39. The minimum Gasteiger partial charge on any atom is -0.434 e. The second kappa shape index (κ2) is 13.2. The van der Waals surface area contributed by atoms with Crippen LogP contribution in [0.3, 0.4) is 0 Å². The van der Waals surface area contributed by atoms with Crippen molar-refractivity contribution in [2.75, 3.05) is 37.6 Å². The molecule has 2 aliphatic carbocycles. The van der Waals surface area contributed by atoms with Gasteiger partial charge in [-0.25, -0.2) is 19.3 Å². The predicted molar refractivity (Wildman–Crippen MR) is 174 cm³/mol. The molecule has 1 N–H and O–H groups in total. The fraction of sp³-hybridized carbons (Fsp3) is 0.514. The highest BCUT2D eigenvalue weighted by Crippen LogP contribution is 2.46. The minimum absolute atomic E-state index is 0.147. The Bertz CT molecular complexity index is 1730. The van der Waals surface area contributed by atoms with Crippen LogP contribution in [-0.2, 0) is 0 Å². The molecule has 1 spiro atoms. The Balaban J connectivity index is 0.869. The Kier molecular flexibility index (Phi) is 8.45. The van der Waals surface area contributed by atoms with E-state index in [9.17, 15) is 9.18 Å². The first-order chi connectivity index (χ1) is 23.5. The summed E-state index contributed by atoms with van der Waals surface area (Å²) in [6.07, 6.45) is 16.1. The number of carbonyl (C=O) groups is 1. The number of nitrogens with zero attached hydrogens (tertiary/aromatic N) is 8. The highest BCUT2D eigenvalue weighted by molar-refractivity contribution is 5.92. The van der Waals surface area contributed by atoms with Crippen molar-refractivity contribution in [3.63, 3.8) is 0 Å². The smallest absolute Gasteiger partial charge is 0.282 e. The third kappa shape index (κ3) is 6.60. The lowest BCUT2D eigenvalue weighted by atomic mass is 9.67. The molecule has 13 heteroatoms. The number of anilines is 1. The molecule has 1 aromatic carbocycles. The van der Waals surface area contributed by atoms with E-state index in [-0.39, 0.29) is 17.8 Å². The maximum absolute atomic E-state index is 14.5. The highest BCUT2D eigenvalue weighted by atomic mass is 19.1. The van der Waals surface area contributed by atoms with Crippen molar-refractivity contribution in [2.45, 2.75) is 69.7 Å². The molecule has 2 saturated carbocycles. The molecule has 250 valence electrons. The molecule has 2 aliphatic heterocycles. The lowest BCUT2D eigenvalue weighted by molar-refractivity contribution is 0.0510. The summed E-state index contributed by atoms with van der Waals surface area (Å²) in [5.74, 6) is 1.80. The second-order valence-corrected chi connectivity index (χ2v) is 14.0. The first-order valence-electron chi connectivity index (χ1n) is 17.2. The molecule has 4 aromatic rings. The lowest BCUT2D eigenvalue weighted by Crippen LogP contribution is -2.46. The lowest BCUT2D eigenvalue weighted by Gasteiger charge is -2.46. The third-order valence-corrected chi connectivity index (χ3v) is 10.8. The zero-order valence-electron chi connectivity index (χ0n) is 26.9. The van der Waals surface area contributed by atoms with E-state index in [1.807, 2.05) is 0 Å². The number of amides is 1. The maximum atomic E-state index is 14.5. The number of aromatic nitrogens is 6. The van der Waals surface area contributed by atoms with Gasteiger partial charge in [-0.2, -0.15) is 0 Å². The number of ether oxygens (including phenoxy) is 1. The topological polar surface area (TPSA) is 135 Å². The number of carbonyl (C=O) groups excluding carboxylic acids is 1. The first kappa shape index (κ1) is 30.8. The number of halogens is 1. The van der Waals surface area contributed by atoms with Gasteiger partial charge in [0.2, 0.25) is 0 Å². The Morgan fingerprint density at radius 3 is 2.65 bits per heavy atom. The van der Waals surface area contributed by atoms with Crippen LogP contribution in [0.2, 0.25) is 0 Å². The molecule has 0 unspecified atom stereocenters. The molecule has 4 aliphatic rings. The number of likely N-dealkylation sites (tertiary alicyclic amines) is 1. The van der Waals surface area contributed by atoms with Crippen LogP contribution >= 0.6 is 0 Å². The van der Waals surface area contributed by atoms with Gasteiger partial charge in [0.25, 0.3) is 11.8 Å². The fourth-order valence-corrected chi connectivity index (χ4v) is 7.89. The van der Waals surface area contributed by atoms with Crippen molar-refractivity contribution >= 4 is 11.7 Å². The van der Waals surface area contributed by atoms with Gasteiger partial charge >= 0.3 is 0 Å². The SMILES string of the molecule is O=C(NC1CCC2(CC1)CCN(C[C@@H]1CCN(c3ncnnc3Oc3ccc(F)cc3-c3cncnc3C3CC3)C1)CC2)c1ccon1. The second-order valence-electron chi connectivity index (χ2n) is 14.0. The predicted octanol–water partition coefficient (Wildman–Crippen LogP) is 5.41. The Hall–Kier alpha value is -4.52. The van der Waals surface area contributed by atoms with Gasteiger partial charge in [-0.3, -0.25) is 4.79 Å². The van der Waals surface area contributed by atoms with Crippen molar-refractivity contribution in [2.24, 2.45) is 11.3 Å². The summed E-state index contributed by atoms with van der Waals surface area (Å²) in [4.78, 5) is 30.6. The van der Waals surface area contributed by atoms with E-state index in [2.05, 4.69) is 45.4 Å². The zero-order chi connectivity index (χ0) is 32.5. The van der Waals surface area contributed by atoms with E-state index in [4.69, 9.17) is 9.26 Å². The fourth-order valence-electron chi connectivity index (χ4n) is 7.89. The molecule has 4 fully saturated rings. The summed E-state index contributed by atoms with van der Waals surface area (Å²) < 4.78 is 25.7. The van der Waals surface area contributed by atoms with Crippen LogP contribution in [0, 0.1) is 17.2 Å². The maximum Gasteiger partial charge on any atom is 0.282 e. The van der Waals surface area contributed by atoms with Crippen LogP contribution < -0.4 is 15.0 Å². The summed E-state index contributed by atoms with van der Waals surface area (Å²) in [5, 5.41) is 15.2. The van der Waals surface area contributed by atoms with Crippen LogP contribution in [0.15, 0.2) is 53.9 Å². The van der Waals surface area contributed by atoms with E-state index < -0.39 is 0 Å². The Morgan fingerprint density at radius 2 is 1.85 bits per heavy atom. The molecular formula is C35H40FN9O3. The van der Waals surface area contributed by atoms with Crippen molar-refractivity contribution in [1.82, 2.24) is 40.5 Å². The van der Waals surface area contributed by atoms with Gasteiger partial charge < -0.3 is 24.4 Å². The average molecular weight is 654 g/mol. The molecule has 1 atom stereocenters. The molecule has 3 aromatic heterocycles. The Labute approximate surface area is 278 Å². The van der Waals surface area contributed by atoms with Crippen LogP contribution in [0.1, 0.15) is 79.9 Å². The molecule has 0 bridgehead atoms. The normalized spacial score (nSPS) is 21.4. The molecule has 0 radical (unpaired) electrons. The zero-order valence-corrected chi connectivity index (χ0v) is 26.9. The summed E-state index contributed by atoms with van der Waals surface area (Å²) in [6.45, 7) is 4.98. The largest absolute Gasteiger partial charge is 0.434 e. The quantitative estimate of drug-likeness (QED) is 0.249. The number of hydrogen-bond acceptors (Lipinski definition) is 11. The van der Waals surface area contributed by atoms with Gasteiger partial charge in [-0.05, 0) is 100 Å². The number of piperidine rings is 1. The van der Waals surface area contributed by atoms with Crippen LogP contribution in [0.4, 0.5) is 10.2 Å². The molecule has 1 amide bonds. The van der Waals surface area contributed by atoms with E-state index in [1.165, 1.54) is 37.6 Å². The number of nitrogens with one attached hydrogen (secondary N) is 1. The van der Waals surface area contributed by atoms with E-state index in [0.717, 1.165) is 88.9 Å². The number of benzene rings is 1. The van der Waals surface area contributed by atoms with Gasteiger partial charge in [-0.1, -0.05) is 5.16 Å². The molecule has 5 heterocycles. The van der Waals surface area contributed by atoms with Crippen molar-refractivity contribution in [3.8, 4) is 22.8 Å². The van der Waals surface area contributed by atoms with E-state index >= 15 is 0 Å². The van der Waals surface area contributed by atoms with Gasteiger partial charge in [0.05, 0.1) is 5.69 Å². The molecule has 2 saturated heterocycles.